The molecule has 0 bridgehead atoms. The predicted octanol–water partition coefficient (Wildman–Crippen LogP) is 0.138. The lowest BCUT2D eigenvalue weighted by Crippen LogP contribution is -2.46. The monoisotopic (exact) mass is 250 g/mol. The molecule has 16 heavy (non-hydrogen) atoms. The van der Waals surface area contributed by atoms with Gasteiger partial charge in [-0.3, -0.25) is 0 Å². The van der Waals surface area contributed by atoms with Crippen LogP contribution in [-0.2, 0) is 9.53 Å². The number of amides is 2. The average Bonchev–Trinajstić information content (AvgIpc) is 2.24. The van der Waals surface area contributed by atoms with Crippen LogP contribution < -0.4 is 10.6 Å². The Labute approximate surface area is 99.1 Å². The molecule has 3 N–H and O–H groups in total. The Hall–Kier alpha value is -0.950. The second kappa shape index (κ2) is 9.29. The molecule has 0 radical (unpaired) electrons. The molecule has 0 saturated carbocycles. The first-order chi connectivity index (χ1) is 7.61. The highest BCUT2D eigenvalue weighted by atomic mass is 32.2. The van der Waals surface area contributed by atoms with Crippen molar-refractivity contribution in [3.05, 3.63) is 0 Å². The van der Waals surface area contributed by atoms with Gasteiger partial charge < -0.3 is 20.5 Å². The molecule has 1 unspecified atom stereocenters. The first-order valence-corrected chi connectivity index (χ1v) is 6.26. The van der Waals surface area contributed by atoms with Gasteiger partial charge in [0.25, 0.3) is 0 Å². The van der Waals surface area contributed by atoms with E-state index in [1.54, 1.807) is 11.8 Å². The molecule has 1 atom stereocenters. The minimum absolute atomic E-state index is 0.358. The number of hydrogen-bond donors (Lipinski definition) is 3. The van der Waals surface area contributed by atoms with Crippen LogP contribution in [0.25, 0.3) is 0 Å². The first kappa shape index (κ1) is 15.0. The molecule has 0 aliphatic heterocycles. The third-order valence-corrected chi connectivity index (χ3v) is 2.45. The highest BCUT2D eigenvalue weighted by Gasteiger charge is 2.18. The van der Waals surface area contributed by atoms with Gasteiger partial charge in [-0.1, -0.05) is 0 Å². The van der Waals surface area contributed by atoms with E-state index in [2.05, 4.69) is 10.6 Å². The molecular formula is C9H18N2O4S. The lowest BCUT2D eigenvalue weighted by molar-refractivity contribution is -0.139. The summed E-state index contributed by atoms with van der Waals surface area (Å²) in [4.78, 5) is 22.0. The van der Waals surface area contributed by atoms with Crippen LogP contribution in [0.4, 0.5) is 4.79 Å². The molecule has 2 amide bonds. The molecular weight excluding hydrogens is 232 g/mol. The summed E-state index contributed by atoms with van der Waals surface area (Å²) in [5.74, 6) is -0.328. The number of thioether (sulfide) groups is 1. The van der Waals surface area contributed by atoms with E-state index in [9.17, 15) is 9.59 Å². The van der Waals surface area contributed by atoms with Crippen LogP contribution in [0.15, 0.2) is 0 Å². The number of methoxy groups -OCH3 is 1. The largest absolute Gasteiger partial charge is 0.480 e. The fourth-order valence-electron chi connectivity index (χ4n) is 0.969. The third-order valence-electron chi connectivity index (χ3n) is 1.81. The summed E-state index contributed by atoms with van der Waals surface area (Å²) in [6, 6.07) is -1.32. The molecule has 0 heterocycles. The standard InChI is InChI=1S/C9H18N2O4S/c1-15-5-4-10-9(14)11-7(8(12)13)3-6-16-2/h7H,3-6H2,1-2H3,(H,12,13)(H2,10,11,14). The van der Waals surface area contributed by atoms with Crippen LogP contribution in [0.3, 0.4) is 0 Å². The normalized spacial score (nSPS) is 11.9. The van der Waals surface area contributed by atoms with Gasteiger partial charge in [-0.05, 0) is 18.4 Å². The van der Waals surface area contributed by atoms with Gasteiger partial charge in [0.1, 0.15) is 6.04 Å². The number of rotatable bonds is 8. The SMILES string of the molecule is COCCNC(=O)NC(CCSC)C(=O)O. The van der Waals surface area contributed by atoms with Gasteiger partial charge in [0.15, 0.2) is 0 Å². The number of carboxylic acid groups (broad SMARTS) is 1. The van der Waals surface area contributed by atoms with Gasteiger partial charge in [0, 0.05) is 13.7 Å². The van der Waals surface area contributed by atoms with Crippen LogP contribution in [0.1, 0.15) is 6.42 Å². The number of carbonyl (C=O) groups is 2. The second-order valence-corrected chi connectivity index (χ2v) is 4.05. The third kappa shape index (κ3) is 7.36. The van der Waals surface area contributed by atoms with Crippen LogP contribution in [0, 0.1) is 0 Å². The summed E-state index contributed by atoms with van der Waals surface area (Å²) >= 11 is 1.54. The van der Waals surface area contributed by atoms with E-state index in [0.29, 0.717) is 25.3 Å². The van der Waals surface area contributed by atoms with Crippen molar-refractivity contribution in [3.63, 3.8) is 0 Å². The summed E-state index contributed by atoms with van der Waals surface area (Å²) in [5, 5.41) is 13.7. The van der Waals surface area contributed by atoms with Crippen molar-refractivity contribution in [1.29, 1.82) is 0 Å². The quantitative estimate of drug-likeness (QED) is 0.533. The van der Waals surface area contributed by atoms with E-state index < -0.39 is 18.0 Å². The summed E-state index contributed by atoms with van der Waals surface area (Å²) < 4.78 is 4.75. The zero-order valence-corrected chi connectivity index (χ0v) is 10.3. The molecule has 0 aliphatic rings. The Balaban J connectivity index is 3.88. The van der Waals surface area contributed by atoms with Crippen LogP contribution in [0.2, 0.25) is 0 Å². The Kier molecular flexibility index (Phi) is 8.74. The van der Waals surface area contributed by atoms with E-state index in [-0.39, 0.29) is 0 Å². The molecule has 0 fully saturated rings. The highest BCUT2D eigenvalue weighted by molar-refractivity contribution is 7.98. The van der Waals surface area contributed by atoms with E-state index in [1.807, 2.05) is 6.26 Å². The lowest BCUT2D eigenvalue weighted by Gasteiger charge is -2.14. The molecule has 0 aromatic heterocycles. The number of urea groups is 1. The number of ether oxygens (including phenoxy) is 1. The van der Waals surface area contributed by atoms with Gasteiger partial charge in [0.05, 0.1) is 6.61 Å². The van der Waals surface area contributed by atoms with Crippen LogP contribution >= 0.6 is 11.8 Å². The van der Waals surface area contributed by atoms with E-state index in [0.717, 1.165) is 0 Å². The molecule has 0 aliphatic carbocycles. The Morgan fingerprint density at radius 1 is 1.50 bits per heavy atom. The van der Waals surface area contributed by atoms with Crippen molar-refractivity contribution >= 4 is 23.8 Å². The van der Waals surface area contributed by atoms with Crippen molar-refractivity contribution in [1.82, 2.24) is 10.6 Å². The lowest BCUT2D eigenvalue weighted by atomic mass is 10.2. The van der Waals surface area contributed by atoms with Crippen LogP contribution in [-0.4, -0.2) is 55.4 Å². The predicted molar refractivity (Wildman–Crippen MR) is 62.8 cm³/mol. The number of hydrogen-bond acceptors (Lipinski definition) is 4. The van der Waals surface area contributed by atoms with E-state index in [4.69, 9.17) is 9.84 Å². The van der Waals surface area contributed by atoms with Crippen molar-refractivity contribution in [2.75, 3.05) is 32.3 Å². The molecule has 0 spiro atoms. The fraction of sp³-hybridized carbons (Fsp3) is 0.778. The smallest absolute Gasteiger partial charge is 0.326 e. The minimum atomic E-state index is -1.02. The zero-order chi connectivity index (χ0) is 12.4. The summed E-state index contributed by atoms with van der Waals surface area (Å²) in [5.41, 5.74) is 0. The highest BCUT2D eigenvalue weighted by Crippen LogP contribution is 2.00. The zero-order valence-electron chi connectivity index (χ0n) is 9.49. The second-order valence-electron chi connectivity index (χ2n) is 3.07. The molecule has 7 heteroatoms. The average molecular weight is 250 g/mol. The summed E-state index contributed by atoms with van der Waals surface area (Å²) in [6.45, 7) is 0.757. The van der Waals surface area contributed by atoms with Gasteiger partial charge in [-0.2, -0.15) is 11.8 Å². The summed E-state index contributed by atoms with van der Waals surface area (Å²) in [7, 11) is 1.53. The maximum Gasteiger partial charge on any atom is 0.326 e. The number of aliphatic carboxylic acids is 1. The van der Waals surface area contributed by atoms with Gasteiger partial charge in [-0.15, -0.1) is 0 Å². The molecule has 94 valence electrons. The summed E-state index contributed by atoms with van der Waals surface area (Å²) in [6.07, 6.45) is 2.30. The number of carboxylic acids is 1. The number of nitrogens with one attached hydrogen (secondary N) is 2. The van der Waals surface area contributed by atoms with Crippen molar-refractivity contribution in [3.8, 4) is 0 Å². The van der Waals surface area contributed by atoms with Gasteiger partial charge in [0.2, 0.25) is 0 Å². The topological polar surface area (TPSA) is 87.7 Å². The molecule has 0 aromatic carbocycles. The van der Waals surface area contributed by atoms with Gasteiger partial charge >= 0.3 is 12.0 Å². The first-order valence-electron chi connectivity index (χ1n) is 4.86. The van der Waals surface area contributed by atoms with E-state index >= 15 is 0 Å². The minimum Gasteiger partial charge on any atom is -0.480 e. The van der Waals surface area contributed by atoms with E-state index in [1.165, 1.54) is 7.11 Å². The maximum atomic E-state index is 11.2. The van der Waals surface area contributed by atoms with Crippen LogP contribution in [0.5, 0.6) is 0 Å². The molecule has 0 aromatic rings. The molecule has 6 nitrogen and oxygen atoms in total. The Bertz CT molecular complexity index is 226. The maximum absolute atomic E-state index is 11.2. The fourth-order valence-corrected chi connectivity index (χ4v) is 1.44. The Morgan fingerprint density at radius 2 is 2.19 bits per heavy atom. The van der Waals surface area contributed by atoms with Crippen molar-refractivity contribution < 1.29 is 19.4 Å². The molecule has 0 rings (SSSR count). The van der Waals surface area contributed by atoms with Gasteiger partial charge in [-0.25, -0.2) is 9.59 Å². The number of carbonyl (C=O) groups excluding carboxylic acids is 1. The van der Waals surface area contributed by atoms with Crippen molar-refractivity contribution in [2.24, 2.45) is 0 Å². The molecule has 0 saturated heterocycles. The Morgan fingerprint density at radius 3 is 2.69 bits per heavy atom. The van der Waals surface area contributed by atoms with Crippen molar-refractivity contribution in [2.45, 2.75) is 12.5 Å².